The maximum absolute atomic E-state index is 5.70. The van der Waals surface area contributed by atoms with Gasteiger partial charge in [-0.2, -0.15) is 0 Å². The molecule has 3 aromatic rings. The molecule has 0 aromatic carbocycles. The Labute approximate surface area is 170 Å². The molecule has 0 unspecified atom stereocenters. The Kier molecular flexibility index (Phi) is 5.64. The van der Waals surface area contributed by atoms with Gasteiger partial charge in [0.2, 0.25) is 0 Å². The lowest BCUT2D eigenvalue weighted by atomic mass is 10.0. The normalized spacial score (nSPS) is 19.0. The first-order valence-electron chi connectivity index (χ1n) is 9.34. The highest BCUT2D eigenvalue weighted by Crippen LogP contribution is 2.39. The fourth-order valence-electron chi connectivity index (χ4n) is 3.71. The fourth-order valence-corrected chi connectivity index (χ4v) is 4.05. The first-order valence-corrected chi connectivity index (χ1v) is 9.75. The molecule has 0 aliphatic carbocycles. The summed E-state index contributed by atoms with van der Waals surface area (Å²) < 4.78 is 7.42. The molecule has 1 aliphatic heterocycles. The molecule has 0 radical (unpaired) electrons. The lowest BCUT2D eigenvalue weighted by Gasteiger charge is -2.28. The van der Waals surface area contributed by atoms with Crippen LogP contribution in [-0.4, -0.2) is 44.8 Å². The van der Waals surface area contributed by atoms with Crippen LogP contribution >= 0.6 is 12.2 Å². The van der Waals surface area contributed by atoms with Crippen LogP contribution < -0.4 is 5.32 Å². The van der Waals surface area contributed by atoms with Gasteiger partial charge in [0.25, 0.3) is 0 Å². The van der Waals surface area contributed by atoms with Crippen LogP contribution in [0.2, 0.25) is 0 Å². The van der Waals surface area contributed by atoms with Gasteiger partial charge in [0, 0.05) is 44.5 Å². The van der Waals surface area contributed by atoms with Crippen molar-refractivity contribution in [3.63, 3.8) is 0 Å². The monoisotopic (exact) mass is 393 g/mol. The van der Waals surface area contributed by atoms with Gasteiger partial charge in [-0.05, 0) is 55.0 Å². The number of nitrogens with one attached hydrogen (secondary N) is 1. The average molecular weight is 394 g/mol. The van der Waals surface area contributed by atoms with E-state index in [9.17, 15) is 0 Å². The number of nitrogens with zero attached hydrogens (tertiary/aromatic N) is 4. The number of ether oxygens (including phenoxy) is 1. The molecule has 6 nitrogen and oxygen atoms in total. The van der Waals surface area contributed by atoms with E-state index in [0.717, 1.165) is 35.2 Å². The minimum absolute atomic E-state index is 0.0227. The summed E-state index contributed by atoms with van der Waals surface area (Å²) in [6.45, 7) is 1.51. The third-order valence-corrected chi connectivity index (χ3v) is 5.31. The summed E-state index contributed by atoms with van der Waals surface area (Å²) in [5.41, 5.74) is 3.15. The van der Waals surface area contributed by atoms with Gasteiger partial charge >= 0.3 is 0 Å². The van der Waals surface area contributed by atoms with E-state index in [4.69, 9.17) is 17.0 Å². The lowest BCUT2D eigenvalue weighted by Crippen LogP contribution is -2.32. The summed E-state index contributed by atoms with van der Waals surface area (Å²) >= 11 is 5.70. The predicted octanol–water partition coefficient (Wildman–Crippen LogP) is 3.28. The van der Waals surface area contributed by atoms with Crippen LogP contribution in [0.25, 0.3) is 5.69 Å². The number of hydrogen-bond acceptors (Lipinski definition) is 4. The van der Waals surface area contributed by atoms with E-state index in [0.29, 0.717) is 6.61 Å². The second-order valence-corrected chi connectivity index (χ2v) is 7.07. The smallest absolute Gasteiger partial charge is 0.170 e. The Morgan fingerprint density at radius 1 is 1.14 bits per heavy atom. The standard InChI is InChI=1S/C21H23N5OS/c1-27-14-6-13-26-20(19(24-21(26)28)17-8-2-3-11-23-17)18-9-5-12-25(18)16-7-4-10-22-15-16/h2-5,7-12,15,19-20H,6,13-14H2,1H3,(H,24,28)/t19-,20-/m1/s1. The van der Waals surface area contributed by atoms with Crippen LogP contribution in [0.4, 0.5) is 0 Å². The third kappa shape index (κ3) is 3.63. The van der Waals surface area contributed by atoms with Crippen molar-refractivity contribution in [2.45, 2.75) is 18.5 Å². The Hall–Kier alpha value is -2.77. The topological polar surface area (TPSA) is 55.2 Å². The molecule has 28 heavy (non-hydrogen) atoms. The summed E-state index contributed by atoms with van der Waals surface area (Å²) in [7, 11) is 1.72. The highest BCUT2D eigenvalue weighted by Gasteiger charge is 2.40. The van der Waals surface area contributed by atoms with Gasteiger partial charge in [-0.1, -0.05) is 6.07 Å². The van der Waals surface area contributed by atoms with Gasteiger partial charge in [0.1, 0.15) is 0 Å². The van der Waals surface area contributed by atoms with Crippen molar-refractivity contribution in [3.05, 3.63) is 78.6 Å². The van der Waals surface area contributed by atoms with Gasteiger partial charge in [-0.15, -0.1) is 0 Å². The molecule has 1 N–H and O–H groups in total. The van der Waals surface area contributed by atoms with Crippen LogP contribution in [0.3, 0.4) is 0 Å². The third-order valence-electron chi connectivity index (χ3n) is 4.95. The van der Waals surface area contributed by atoms with E-state index in [1.807, 2.05) is 36.7 Å². The summed E-state index contributed by atoms with van der Waals surface area (Å²) in [4.78, 5) is 11.1. The predicted molar refractivity (Wildman–Crippen MR) is 112 cm³/mol. The van der Waals surface area contributed by atoms with Gasteiger partial charge in [-0.25, -0.2) is 0 Å². The Morgan fingerprint density at radius 2 is 2.07 bits per heavy atom. The largest absolute Gasteiger partial charge is 0.385 e. The van der Waals surface area contributed by atoms with Gasteiger partial charge < -0.3 is 19.5 Å². The van der Waals surface area contributed by atoms with Gasteiger partial charge in [0.15, 0.2) is 5.11 Å². The average Bonchev–Trinajstić information content (AvgIpc) is 3.34. The Morgan fingerprint density at radius 3 is 2.82 bits per heavy atom. The maximum atomic E-state index is 5.70. The molecule has 4 rings (SSSR count). The van der Waals surface area contributed by atoms with Gasteiger partial charge in [0.05, 0.1) is 29.7 Å². The fraction of sp³-hybridized carbons (Fsp3) is 0.286. The number of methoxy groups -OCH3 is 1. The molecular weight excluding hydrogens is 370 g/mol. The molecule has 1 aliphatic rings. The van der Waals surface area contributed by atoms with Crippen molar-refractivity contribution in [1.82, 2.24) is 24.8 Å². The minimum atomic E-state index is -0.0263. The molecule has 2 atom stereocenters. The zero-order chi connectivity index (χ0) is 19.3. The zero-order valence-corrected chi connectivity index (χ0v) is 16.5. The van der Waals surface area contributed by atoms with Crippen molar-refractivity contribution < 1.29 is 4.74 Å². The number of hydrogen-bond donors (Lipinski definition) is 1. The Balaban J connectivity index is 1.75. The lowest BCUT2D eigenvalue weighted by molar-refractivity contribution is 0.180. The van der Waals surface area contributed by atoms with Crippen molar-refractivity contribution in [2.75, 3.05) is 20.3 Å². The van der Waals surface area contributed by atoms with Crippen LogP contribution in [0, 0.1) is 0 Å². The van der Waals surface area contributed by atoms with E-state index in [1.54, 1.807) is 13.3 Å². The first-order chi connectivity index (χ1) is 13.8. The molecule has 3 aromatic heterocycles. The molecule has 1 saturated heterocycles. The number of thiocarbonyl (C=S) groups is 1. The molecule has 0 bridgehead atoms. The minimum Gasteiger partial charge on any atom is -0.385 e. The summed E-state index contributed by atoms with van der Waals surface area (Å²) in [6, 6.07) is 14.2. The van der Waals surface area contributed by atoms with Crippen molar-refractivity contribution in [2.24, 2.45) is 0 Å². The molecule has 1 fully saturated rings. The number of pyridine rings is 2. The summed E-state index contributed by atoms with van der Waals surface area (Å²) in [5, 5.41) is 4.24. The summed E-state index contributed by atoms with van der Waals surface area (Å²) in [6.07, 6.45) is 8.45. The van der Waals surface area contributed by atoms with Gasteiger partial charge in [-0.3, -0.25) is 9.97 Å². The van der Waals surface area contributed by atoms with Crippen molar-refractivity contribution in [1.29, 1.82) is 0 Å². The molecule has 0 amide bonds. The van der Waals surface area contributed by atoms with Crippen molar-refractivity contribution >= 4 is 17.3 Å². The number of aromatic nitrogens is 3. The highest BCUT2D eigenvalue weighted by molar-refractivity contribution is 7.80. The Bertz CT molecular complexity index is 915. The van der Waals surface area contributed by atoms with E-state index >= 15 is 0 Å². The van der Waals surface area contributed by atoms with E-state index in [-0.39, 0.29) is 12.1 Å². The van der Waals surface area contributed by atoms with Crippen LogP contribution in [0.1, 0.15) is 29.9 Å². The maximum Gasteiger partial charge on any atom is 0.170 e. The molecular formula is C21H23N5OS. The molecule has 0 spiro atoms. The highest BCUT2D eigenvalue weighted by atomic mass is 32.1. The first kappa shape index (κ1) is 18.6. The van der Waals surface area contributed by atoms with E-state index in [1.165, 1.54) is 0 Å². The quantitative estimate of drug-likeness (QED) is 0.491. The van der Waals surface area contributed by atoms with E-state index in [2.05, 4.69) is 49.1 Å². The van der Waals surface area contributed by atoms with Crippen LogP contribution in [0.15, 0.2) is 67.3 Å². The summed E-state index contributed by atoms with van der Waals surface area (Å²) in [5.74, 6) is 0. The second kappa shape index (κ2) is 8.50. The molecule has 7 heteroatoms. The van der Waals surface area contributed by atoms with Crippen LogP contribution in [0.5, 0.6) is 0 Å². The SMILES string of the molecule is COCCCN1C(=S)N[C@H](c2ccccn2)[C@H]1c1cccn1-c1cccnc1. The second-order valence-electron chi connectivity index (χ2n) is 6.68. The molecule has 0 saturated carbocycles. The van der Waals surface area contributed by atoms with Crippen molar-refractivity contribution in [3.8, 4) is 5.69 Å². The van der Waals surface area contributed by atoms with E-state index < -0.39 is 0 Å². The van der Waals surface area contributed by atoms with Crippen LogP contribution in [-0.2, 0) is 4.74 Å². The number of rotatable bonds is 7. The molecule has 4 heterocycles. The zero-order valence-electron chi connectivity index (χ0n) is 15.7. The molecule has 144 valence electrons.